The molecule has 2 unspecified atom stereocenters. The van der Waals surface area contributed by atoms with Gasteiger partial charge in [-0.3, -0.25) is 18.6 Å². The fourth-order valence-electron chi connectivity index (χ4n) is 5.15. The number of para-hydroxylation sites is 4. The molecular formula is C38H44Cl2N2O12P2. The van der Waals surface area contributed by atoms with E-state index in [9.17, 15) is 18.7 Å². The van der Waals surface area contributed by atoms with Crippen molar-refractivity contribution in [2.45, 2.75) is 51.8 Å². The number of esters is 2. The van der Waals surface area contributed by atoms with Crippen molar-refractivity contribution in [1.29, 1.82) is 0 Å². The molecule has 4 aromatic carbocycles. The van der Waals surface area contributed by atoms with Gasteiger partial charge in [0.2, 0.25) is 0 Å². The number of nitrogens with one attached hydrogen (secondary N) is 2. The van der Waals surface area contributed by atoms with Gasteiger partial charge in [-0.25, -0.2) is 18.8 Å². The summed E-state index contributed by atoms with van der Waals surface area (Å²) in [5.74, 6) is -0.800. The zero-order valence-electron chi connectivity index (χ0n) is 31.1. The summed E-state index contributed by atoms with van der Waals surface area (Å²) in [5.41, 5.74) is -1.89. The summed E-state index contributed by atoms with van der Waals surface area (Å²) in [4.78, 5) is 31.0. The SMILES string of the molecule is CC(C)(COC(=O)C(COP(=O)(Oc1ccccc1)Oc1ccccc1)NCl)CC(C)(C)OC(=O)C(COP(=O)(Oc1ccccc1)Oc1ccccc1)NCl. The Bertz CT molecular complexity index is 1820. The summed E-state index contributed by atoms with van der Waals surface area (Å²) in [6.07, 6.45) is 0.197. The molecule has 0 fully saturated rings. The fourth-order valence-corrected chi connectivity index (χ4v) is 7.93. The zero-order valence-corrected chi connectivity index (χ0v) is 34.4. The third kappa shape index (κ3) is 15.1. The van der Waals surface area contributed by atoms with Gasteiger partial charge in [0, 0.05) is 5.41 Å². The molecule has 2 N–H and O–H groups in total. The van der Waals surface area contributed by atoms with E-state index >= 15 is 0 Å². The highest BCUT2D eigenvalue weighted by molar-refractivity contribution is 7.49. The molecule has 0 aliphatic heterocycles. The second kappa shape index (κ2) is 20.9. The molecule has 0 bridgehead atoms. The van der Waals surface area contributed by atoms with Gasteiger partial charge in [-0.1, -0.05) is 86.6 Å². The van der Waals surface area contributed by atoms with Crippen LogP contribution in [0.5, 0.6) is 23.0 Å². The minimum absolute atomic E-state index is 0.141. The number of benzene rings is 4. The first-order valence-electron chi connectivity index (χ1n) is 17.2. The van der Waals surface area contributed by atoms with Gasteiger partial charge < -0.3 is 27.6 Å². The maximum atomic E-state index is 13.7. The smallest absolute Gasteiger partial charge is 0.464 e. The van der Waals surface area contributed by atoms with Crippen LogP contribution in [0.4, 0.5) is 0 Å². The molecule has 0 aliphatic carbocycles. The van der Waals surface area contributed by atoms with Gasteiger partial charge in [0.15, 0.2) is 0 Å². The topological polar surface area (TPSA) is 166 Å². The van der Waals surface area contributed by atoms with Crippen molar-refractivity contribution in [3.63, 3.8) is 0 Å². The molecule has 56 heavy (non-hydrogen) atoms. The van der Waals surface area contributed by atoms with Gasteiger partial charge >= 0.3 is 27.6 Å². The average molecular weight is 854 g/mol. The molecule has 0 amide bonds. The predicted molar refractivity (Wildman–Crippen MR) is 210 cm³/mol. The number of halogens is 2. The Hall–Kier alpha value is -4.10. The molecule has 0 aromatic heterocycles. The van der Waals surface area contributed by atoms with Crippen LogP contribution in [-0.2, 0) is 37.2 Å². The van der Waals surface area contributed by atoms with E-state index in [4.69, 9.17) is 60.2 Å². The molecule has 4 aromatic rings. The van der Waals surface area contributed by atoms with Crippen LogP contribution in [0.2, 0.25) is 0 Å². The van der Waals surface area contributed by atoms with Gasteiger partial charge in [-0.2, -0.15) is 0 Å². The van der Waals surface area contributed by atoms with Crippen molar-refractivity contribution in [3.05, 3.63) is 121 Å². The highest BCUT2D eigenvalue weighted by atomic mass is 35.5. The number of carbonyl (C=O) groups is 2. The summed E-state index contributed by atoms with van der Waals surface area (Å²) >= 11 is 11.8. The van der Waals surface area contributed by atoms with Crippen LogP contribution in [0, 0.1) is 5.41 Å². The van der Waals surface area contributed by atoms with Gasteiger partial charge in [0.05, 0.1) is 19.8 Å². The second-order valence-electron chi connectivity index (χ2n) is 13.6. The van der Waals surface area contributed by atoms with Crippen molar-refractivity contribution in [1.82, 2.24) is 9.67 Å². The highest BCUT2D eigenvalue weighted by Gasteiger charge is 2.39. The van der Waals surface area contributed by atoms with E-state index in [-0.39, 0.29) is 36.0 Å². The Morgan fingerprint density at radius 3 is 1.21 bits per heavy atom. The minimum atomic E-state index is -4.34. The van der Waals surface area contributed by atoms with E-state index in [2.05, 4.69) is 9.67 Å². The molecule has 18 heteroatoms. The van der Waals surface area contributed by atoms with Crippen molar-refractivity contribution >= 4 is 51.1 Å². The fraction of sp³-hybridized carbons (Fsp3) is 0.316. The van der Waals surface area contributed by atoms with Crippen LogP contribution in [0.15, 0.2) is 121 Å². The third-order valence-electron chi connectivity index (χ3n) is 7.36. The lowest BCUT2D eigenvalue weighted by molar-refractivity contribution is -0.165. The molecule has 0 aliphatic rings. The highest BCUT2D eigenvalue weighted by Crippen LogP contribution is 2.51. The molecule has 0 saturated carbocycles. The lowest BCUT2D eigenvalue weighted by Crippen LogP contribution is -2.44. The number of ether oxygens (including phenoxy) is 2. The first-order chi connectivity index (χ1) is 26.6. The largest absolute Gasteiger partial charge is 0.587 e. The number of phosphoric ester groups is 2. The van der Waals surface area contributed by atoms with Gasteiger partial charge in [-0.05, 0) is 92.4 Å². The summed E-state index contributed by atoms with van der Waals surface area (Å²) in [7, 11) is -8.67. The molecule has 14 nitrogen and oxygen atoms in total. The Morgan fingerprint density at radius 2 is 0.893 bits per heavy atom. The molecule has 2 atom stereocenters. The molecule has 0 spiro atoms. The maximum absolute atomic E-state index is 13.7. The quantitative estimate of drug-likeness (QED) is 0.0412. The zero-order chi connectivity index (χ0) is 40.7. The summed E-state index contributed by atoms with van der Waals surface area (Å²) < 4.78 is 72.2. The average Bonchev–Trinajstić information content (AvgIpc) is 3.15. The maximum Gasteiger partial charge on any atom is 0.587 e. The van der Waals surface area contributed by atoms with Crippen molar-refractivity contribution in [2.24, 2.45) is 5.41 Å². The van der Waals surface area contributed by atoms with Crippen LogP contribution < -0.4 is 27.8 Å². The second-order valence-corrected chi connectivity index (χ2v) is 17.0. The van der Waals surface area contributed by atoms with Crippen molar-refractivity contribution in [3.8, 4) is 23.0 Å². The van der Waals surface area contributed by atoms with E-state index in [1.807, 2.05) is 0 Å². The van der Waals surface area contributed by atoms with Crippen LogP contribution >= 0.6 is 39.2 Å². The molecular weight excluding hydrogens is 809 g/mol. The minimum Gasteiger partial charge on any atom is -0.464 e. The van der Waals surface area contributed by atoms with Crippen LogP contribution in [0.25, 0.3) is 0 Å². The van der Waals surface area contributed by atoms with E-state index in [0.29, 0.717) is 0 Å². The Morgan fingerprint density at radius 1 is 0.571 bits per heavy atom. The van der Waals surface area contributed by atoms with E-state index in [0.717, 1.165) is 0 Å². The number of hydrogen-bond donors (Lipinski definition) is 2. The standard InChI is InChI=1S/C38H44Cl2N2O12P2/c1-37(2,28-47-35(43)33(41-39)25-48-55(45,51-29-17-9-5-10-18-29)52-30-19-11-6-12-20-30)27-38(3,4)50-36(44)34(42-40)26-49-56(46,53-31-21-13-7-14-22-31)54-32-23-15-8-16-24-32/h5-24,33-34,41-42H,25-28H2,1-4H3. The Labute approximate surface area is 336 Å². The molecule has 0 heterocycles. The third-order valence-corrected chi connectivity index (χ3v) is 10.6. The lowest BCUT2D eigenvalue weighted by Gasteiger charge is -2.35. The molecule has 0 saturated heterocycles. The summed E-state index contributed by atoms with van der Waals surface area (Å²) in [6.45, 7) is 5.68. The molecule has 0 radical (unpaired) electrons. The van der Waals surface area contributed by atoms with Crippen molar-refractivity contribution in [2.75, 3.05) is 19.8 Å². The molecule has 4 rings (SSSR count). The predicted octanol–water partition coefficient (Wildman–Crippen LogP) is 9.06. The van der Waals surface area contributed by atoms with E-state index in [1.54, 1.807) is 149 Å². The molecule has 302 valence electrons. The number of phosphoric acid groups is 2. The number of carbonyl (C=O) groups excluding carboxylic acids is 2. The first kappa shape index (κ1) is 44.6. The first-order valence-corrected chi connectivity index (χ1v) is 20.9. The van der Waals surface area contributed by atoms with E-state index < -0.39 is 63.9 Å². The summed E-state index contributed by atoms with van der Waals surface area (Å²) in [5, 5.41) is 0. The number of rotatable bonds is 23. The van der Waals surface area contributed by atoms with Crippen LogP contribution in [0.1, 0.15) is 34.1 Å². The summed E-state index contributed by atoms with van der Waals surface area (Å²) in [6, 6.07) is 30.4. The number of hydrogen-bond acceptors (Lipinski definition) is 14. The monoisotopic (exact) mass is 852 g/mol. The van der Waals surface area contributed by atoms with E-state index in [1.165, 1.54) is 0 Å². The van der Waals surface area contributed by atoms with Crippen LogP contribution in [0.3, 0.4) is 0 Å². The lowest BCUT2D eigenvalue weighted by atomic mass is 9.82. The van der Waals surface area contributed by atoms with Gasteiger partial charge in [0.1, 0.15) is 40.7 Å². The van der Waals surface area contributed by atoms with Crippen LogP contribution in [-0.4, -0.2) is 49.4 Å². The Kier molecular flexibility index (Phi) is 16.6. The van der Waals surface area contributed by atoms with Crippen molar-refractivity contribution < 1.29 is 55.3 Å². The van der Waals surface area contributed by atoms with Gasteiger partial charge in [0.25, 0.3) is 0 Å². The normalized spacial score (nSPS) is 13.2. The Balaban J connectivity index is 1.32. The van der Waals surface area contributed by atoms with Gasteiger partial charge in [-0.15, -0.1) is 0 Å².